The maximum Gasteiger partial charge on any atom is 0.266 e. The third-order valence-electron chi connectivity index (χ3n) is 2.12. The Bertz CT molecular complexity index is 626. The Morgan fingerprint density at radius 2 is 2.19 bits per heavy atom. The molecule has 0 aliphatic rings. The van der Waals surface area contributed by atoms with Crippen LogP contribution >= 0.6 is 0 Å². The fourth-order valence-electron chi connectivity index (χ4n) is 1.34. The lowest BCUT2D eigenvalue weighted by Crippen LogP contribution is -2.24. The van der Waals surface area contributed by atoms with E-state index in [0.29, 0.717) is 16.0 Å². The van der Waals surface area contributed by atoms with Crippen LogP contribution in [0.3, 0.4) is 0 Å². The first kappa shape index (κ1) is 9.93. The summed E-state index contributed by atoms with van der Waals surface area (Å²) in [5.41, 5.74) is 0.698. The minimum Gasteiger partial charge on any atom is -0.619 e. The molecule has 0 bridgehead atoms. The lowest BCUT2D eigenvalue weighted by atomic mass is 10.2. The Kier molecular flexibility index (Phi) is 2.40. The predicted octanol–water partition coefficient (Wildman–Crippen LogP) is 0.547. The van der Waals surface area contributed by atoms with Crippen molar-refractivity contribution in [1.82, 2.24) is 4.98 Å². The maximum atomic E-state index is 11.4. The Labute approximate surface area is 90.8 Å². The third kappa shape index (κ3) is 1.77. The van der Waals surface area contributed by atoms with Crippen LogP contribution < -0.4 is 10.3 Å². The molecular weight excluding hydrogens is 206 g/mol. The molecule has 2 rings (SSSR count). The number of rotatable bonds is 1. The smallest absolute Gasteiger partial charge is 0.266 e. The van der Waals surface area contributed by atoms with Crippen LogP contribution in [0.4, 0.5) is 0 Å². The quantitative estimate of drug-likeness (QED) is 0.554. The van der Waals surface area contributed by atoms with Crippen molar-refractivity contribution in [3.05, 3.63) is 57.8 Å². The highest BCUT2D eigenvalue weighted by Gasteiger charge is 2.04. The van der Waals surface area contributed by atoms with Gasteiger partial charge in [-0.15, -0.1) is 0 Å². The summed E-state index contributed by atoms with van der Waals surface area (Å²) in [6.07, 6.45) is 2.70. The van der Waals surface area contributed by atoms with Gasteiger partial charge in [0.2, 0.25) is 0 Å². The zero-order chi connectivity index (χ0) is 11.5. The van der Waals surface area contributed by atoms with E-state index < -0.39 is 5.56 Å². The standard InChI is InChI=1S/C11H7N3O2/c12-6-8-3-4-10(13-11(8)15)9-2-1-5-14(16)7-9/h1-5,7H,(H,13,15). The highest BCUT2D eigenvalue weighted by molar-refractivity contribution is 5.57. The molecule has 16 heavy (non-hydrogen) atoms. The minimum absolute atomic E-state index is 0.0506. The first-order chi connectivity index (χ1) is 7.70. The molecule has 0 aliphatic heterocycles. The van der Waals surface area contributed by atoms with E-state index in [1.54, 1.807) is 24.3 Å². The zero-order valence-corrected chi connectivity index (χ0v) is 8.18. The van der Waals surface area contributed by atoms with E-state index in [2.05, 4.69) is 4.98 Å². The van der Waals surface area contributed by atoms with Gasteiger partial charge in [-0.25, -0.2) is 0 Å². The maximum absolute atomic E-state index is 11.4. The molecule has 0 aromatic carbocycles. The van der Waals surface area contributed by atoms with Crippen LogP contribution in [0.15, 0.2) is 41.5 Å². The molecule has 0 saturated heterocycles. The number of nitrogens with one attached hydrogen (secondary N) is 1. The summed E-state index contributed by atoms with van der Waals surface area (Å²) in [5, 5.41) is 19.6. The van der Waals surface area contributed by atoms with Crippen LogP contribution in [0.2, 0.25) is 0 Å². The van der Waals surface area contributed by atoms with Crippen molar-refractivity contribution >= 4 is 0 Å². The SMILES string of the molecule is N#Cc1ccc(-c2ccc[n+]([O-])c2)[nH]c1=O. The summed E-state index contributed by atoms with van der Waals surface area (Å²) < 4.78 is 0.645. The molecule has 0 radical (unpaired) electrons. The first-order valence-corrected chi connectivity index (χ1v) is 4.53. The van der Waals surface area contributed by atoms with Gasteiger partial charge >= 0.3 is 0 Å². The molecule has 0 fully saturated rings. The van der Waals surface area contributed by atoms with Gasteiger partial charge in [-0.05, 0) is 18.2 Å². The number of nitriles is 1. The molecule has 2 heterocycles. The van der Waals surface area contributed by atoms with E-state index in [9.17, 15) is 10.0 Å². The summed E-state index contributed by atoms with van der Waals surface area (Å²) in [4.78, 5) is 13.9. The fourth-order valence-corrected chi connectivity index (χ4v) is 1.34. The number of H-pyrrole nitrogens is 1. The van der Waals surface area contributed by atoms with Crippen molar-refractivity contribution in [3.63, 3.8) is 0 Å². The van der Waals surface area contributed by atoms with E-state index >= 15 is 0 Å². The van der Waals surface area contributed by atoms with E-state index in [1.165, 1.54) is 18.5 Å². The van der Waals surface area contributed by atoms with Gasteiger partial charge in [0.05, 0.1) is 11.3 Å². The molecule has 0 atom stereocenters. The van der Waals surface area contributed by atoms with E-state index in [0.717, 1.165) is 0 Å². The second kappa shape index (κ2) is 3.87. The Hall–Kier alpha value is -2.61. The average Bonchev–Trinajstić information content (AvgIpc) is 2.29. The van der Waals surface area contributed by atoms with Crippen LogP contribution in [0.1, 0.15) is 5.56 Å². The lowest BCUT2D eigenvalue weighted by Gasteiger charge is -2.01. The van der Waals surface area contributed by atoms with Gasteiger partial charge in [-0.3, -0.25) is 4.79 Å². The van der Waals surface area contributed by atoms with E-state index in [1.807, 2.05) is 0 Å². The van der Waals surface area contributed by atoms with E-state index in [4.69, 9.17) is 5.26 Å². The highest BCUT2D eigenvalue weighted by atomic mass is 16.5. The molecule has 5 heteroatoms. The molecule has 0 saturated carbocycles. The van der Waals surface area contributed by atoms with Crippen molar-refractivity contribution in [2.45, 2.75) is 0 Å². The molecule has 0 amide bonds. The van der Waals surface area contributed by atoms with Gasteiger partial charge in [-0.2, -0.15) is 9.99 Å². The number of nitrogens with zero attached hydrogens (tertiary/aromatic N) is 2. The highest BCUT2D eigenvalue weighted by Crippen LogP contribution is 2.12. The minimum atomic E-state index is -0.457. The number of aromatic amines is 1. The molecule has 0 aliphatic carbocycles. The van der Waals surface area contributed by atoms with Gasteiger partial charge in [0, 0.05) is 6.07 Å². The van der Waals surface area contributed by atoms with Gasteiger partial charge in [-0.1, -0.05) is 0 Å². The number of aromatic nitrogens is 2. The molecule has 0 unspecified atom stereocenters. The molecule has 5 nitrogen and oxygen atoms in total. The second-order valence-electron chi connectivity index (χ2n) is 3.18. The molecular formula is C11H7N3O2. The van der Waals surface area contributed by atoms with E-state index in [-0.39, 0.29) is 5.56 Å². The molecule has 0 spiro atoms. The first-order valence-electron chi connectivity index (χ1n) is 4.53. The topological polar surface area (TPSA) is 83.6 Å². The van der Waals surface area contributed by atoms with Gasteiger partial charge < -0.3 is 10.2 Å². The Morgan fingerprint density at radius 3 is 2.81 bits per heavy atom. The summed E-state index contributed by atoms with van der Waals surface area (Å²) >= 11 is 0. The van der Waals surface area contributed by atoms with Crippen LogP contribution in [0, 0.1) is 16.5 Å². The summed E-state index contributed by atoms with van der Waals surface area (Å²) in [6, 6.07) is 8.08. The van der Waals surface area contributed by atoms with Crippen LogP contribution in [-0.4, -0.2) is 4.98 Å². The van der Waals surface area contributed by atoms with Gasteiger partial charge in [0.1, 0.15) is 11.6 Å². The molecule has 2 aromatic heterocycles. The molecule has 78 valence electrons. The van der Waals surface area contributed by atoms with Crippen molar-refractivity contribution < 1.29 is 4.73 Å². The summed E-state index contributed by atoms with van der Waals surface area (Å²) in [5.74, 6) is 0. The summed E-state index contributed by atoms with van der Waals surface area (Å²) in [6.45, 7) is 0. The zero-order valence-electron chi connectivity index (χ0n) is 8.18. The van der Waals surface area contributed by atoms with Crippen molar-refractivity contribution in [2.24, 2.45) is 0 Å². The second-order valence-corrected chi connectivity index (χ2v) is 3.18. The largest absolute Gasteiger partial charge is 0.619 e. The van der Waals surface area contributed by atoms with Crippen molar-refractivity contribution in [2.75, 3.05) is 0 Å². The van der Waals surface area contributed by atoms with Crippen molar-refractivity contribution in [3.8, 4) is 17.3 Å². The summed E-state index contributed by atoms with van der Waals surface area (Å²) in [7, 11) is 0. The average molecular weight is 213 g/mol. The van der Waals surface area contributed by atoms with Gasteiger partial charge in [0.15, 0.2) is 12.4 Å². The van der Waals surface area contributed by atoms with Crippen LogP contribution in [-0.2, 0) is 0 Å². The number of pyridine rings is 2. The van der Waals surface area contributed by atoms with Crippen LogP contribution in [0.25, 0.3) is 11.3 Å². The number of hydrogen-bond acceptors (Lipinski definition) is 3. The molecule has 2 aromatic rings. The van der Waals surface area contributed by atoms with Gasteiger partial charge in [0.25, 0.3) is 5.56 Å². The Morgan fingerprint density at radius 1 is 1.38 bits per heavy atom. The third-order valence-corrected chi connectivity index (χ3v) is 2.12. The molecule has 1 N–H and O–H groups in total. The normalized spacial score (nSPS) is 9.69. The fraction of sp³-hybridized carbons (Fsp3) is 0. The lowest BCUT2D eigenvalue weighted by molar-refractivity contribution is -0.604. The van der Waals surface area contributed by atoms with Crippen molar-refractivity contribution in [1.29, 1.82) is 5.26 Å². The number of hydrogen-bond donors (Lipinski definition) is 1. The predicted molar refractivity (Wildman–Crippen MR) is 56.2 cm³/mol. The van der Waals surface area contributed by atoms with Crippen LogP contribution in [0.5, 0.6) is 0 Å². The monoisotopic (exact) mass is 213 g/mol. The Balaban J connectivity index is 2.55.